The van der Waals surface area contributed by atoms with Gasteiger partial charge in [-0.1, -0.05) is 41.9 Å². The number of benzene rings is 2. The van der Waals surface area contributed by atoms with Crippen molar-refractivity contribution in [3.05, 3.63) is 75.3 Å². The Morgan fingerprint density at radius 1 is 1.32 bits per heavy atom. The van der Waals surface area contributed by atoms with Crippen LogP contribution in [0.2, 0.25) is 5.02 Å². The van der Waals surface area contributed by atoms with Gasteiger partial charge in [0.2, 0.25) is 4.77 Å². The molecule has 0 bridgehead atoms. The van der Waals surface area contributed by atoms with E-state index in [1.54, 1.807) is 10.9 Å². The SMILES string of the molecule is S=c1[nH]nc([C@H]2CCCO2)n1/N=C\c1cccc(OCc2ccccc2Cl)c1. The van der Waals surface area contributed by atoms with E-state index in [0.29, 0.717) is 22.2 Å². The summed E-state index contributed by atoms with van der Waals surface area (Å²) >= 11 is 11.5. The molecule has 2 aromatic carbocycles. The number of hydrogen-bond acceptors (Lipinski definition) is 5. The number of ether oxygens (including phenoxy) is 2. The molecule has 6 nitrogen and oxygen atoms in total. The fraction of sp³-hybridized carbons (Fsp3) is 0.250. The van der Waals surface area contributed by atoms with Crippen LogP contribution in [0, 0.1) is 4.77 Å². The van der Waals surface area contributed by atoms with Crippen LogP contribution in [0.4, 0.5) is 0 Å². The molecule has 0 spiro atoms. The third-order valence-electron chi connectivity index (χ3n) is 4.43. The Balaban J connectivity index is 1.49. The Hall–Kier alpha value is -2.48. The van der Waals surface area contributed by atoms with Crippen molar-refractivity contribution in [1.29, 1.82) is 0 Å². The second kappa shape index (κ2) is 8.68. The van der Waals surface area contributed by atoms with Crippen LogP contribution in [-0.4, -0.2) is 27.7 Å². The van der Waals surface area contributed by atoms with Crippen molar-refractivity contribution in [2.45, 2.75) is 25.6 Å². The average molecular weight is 415 g/mol. The predicted molar refractivity (Wildman–Crippen MR) is 111 cm³/mol. The molecule has 0 radical (unpaired) electrons. The lowest BCUT2D eigenvalue weighted by Gasteiger charge is -2.09. The van der Waals surface area contributed by atoms with Crippen LogP contribution < -0.4 is 4.74 Å². The van der Waals surface area contributed by atoms with Gasteiger partial charge in [0, 0.05) is 17.2 Å². The summed E-state index contributed by atoms with van der Waals surface area (Å²) in [6.45, 7) is 1.13. The molecule has 1 atom stereocenters. The van der Waals surface area contributed by atoms with Crippen LogP contribution in [0.5, 0.6) is 5.75 Å². The lowest BCUT2D eigenvalue weighted by molar-refractivity contribution is 0.102. The summed E-state index contributed by atoms with van der Waals surface area (Å²) in [6, 6.07) is 15.3. The molecule has 0 saturated carbocycles. The first-order valence-corrected chi connectivity index (χ1v) is 9.79. The number of H-pyrrole nitrogens is 1. The summed E-state index contributed by atoms with van der Waals surface area (Å²) in [6.07, 6.45) is 3.58. The smallest absolute Gasteiger partial charge is 0.216 e. The Labute approximate surface area is 172 Å². The molecule has 0 amide bonds. The number of aromatic amines is 1. The van der Waals surface area contributed by atoms with Gasteiger partial charge >= 0.3 is 0 Å². The number of nitrogens with one attached hydrogen (secondary N) is 1. The van der Waals surface area contributed by atoms with Gasteiger partial charge in [-0.05, 0) is 48.8 Å². The summed E-state index contributed by atoms with van der Waals surface area (Å²) < 4.78 is 13.6. The van der Waals surface area contributed by atoms with E-state index >= 15 is 0 Å². The van der Waals surface area contributed by atoms with E-state index < -0.39 is 0 Å². The van der Waals surface area contributed by atoms with Crippen molar-refractivity contribution < 1.29 is 9.47 Å². The van der Waals surface area contributed by atoms with Gasteiger partial charge in [-0.15, -0.1) is 0 Å². The fourth-order valence-corrected chi connectivity index (χ4v) is 3.37. The molecule has 2 heterocycles. The second-order valence-electron chi connectivity index (χ2n) is 6.40. The minimum absolute atomic E-state index is 0.0737. The molecule has 28 heavy (non-hydrogen) atoms. The van der Waals surface area contributed by atoms with Crippen molar-refractivity contribution >= 4 is 30.0 Å². The second-order valence-corrected chi connectivity index (χ2v) is 7.19. The maximum absolute atomic E-state index is 6.18. The highest BCUT2D eigenvalue weighted by Crippen LogP contribution is 2.27. The van der Waals surface area contributed by atoms with Gasteiger partial charge in [-0.3, -0.25) is 5.10 Å². The molecule has 1 saturated heterocycles. The first-order valence-electron chi connectivity index (χ1n) is 9.00. The molecule has 1 aromatic heterocycles. The lowest BCUT2D eigenvalue weighted by Crippen LogP contribution is -2.05. The van der Waals surface area contributed by atoms with Crippen LogP contribution in [0.3, 0.4) is 0 Å². The van der Waals surface area contributed by atoms with Gasteiger partial charge in [-0.2, -0.15) is 14.9 Å². The van der Waals surface area contributed by atoms with Gasteiger partial charge in [-0.25, -0.2) is 0 Å². The van der Waals surface area contributed by atoms with Gasteiger partial charge in [0.15, 0.2) is 5.82 Å². The number of nitrogens with zero attached hydrogens (tertiary/aromatic N) is 3. The van der Waals surface area contributed by atoms with Crippen LogP contribution in [0.15, 0.2) is 53.6 Å². The fourth-order valence-electron chi connectivity index (χ4n) is 2.99. The Kier molecular flexibility index (Phi) is 5.85. The molecule has 1 N–H and O–H groups in total. The number of halogens is 1. The molecular formula is C20H19ClN4O2S. The molecular weight excluding hydrogens is 396 g/mol. The van der Waals surface area contributed by atoms with Gasteiger partial charge < -0.3 is 9.47 Å². The van der Waals surface area contributed by atoms with Gasteiger partial charge in [0.1, 0.15) is 18.5 Å². The predicted octanol–water partition coefficient (Wildman–Crippen LogP) is 4.91. The van der Waals surface area contributed by atoms with Crippen molar-refractivity contribution in [3.8, 4) is 5.75 Å². The van der Waals surface area contributed by atoms with E-state index in [9.17, 15) is 0 Å². The number of aromatic nitrogens is 3. The summed E-state index contributed by atoms with van der Waals surface area (Å²) in [5.74, 6) is 1.43. The van der Waals surface area contributed by atoms with Gasteiger partial charge in [0.25, 0.3) is 0 Å². The normalized spacial score (nSPS) is 16.7. The minimum Gasteiger partial charge on any atom is -0.489 e. The highest BCUT2D eigenvalue weighted by molar-refractivity contribution is 7.71. The van der Waals surface area contributed by atoms with E-state index in [1.165, 1.54) is 0 Å². The molecule has 144 valence electrons. The zero-order valence-electron chi connectivity index (χ0n) is 15.0. The van der Waals surface area contributed by atoms with E-state index in [4.69, 9.17) is 33.3 Å². The van der Waals surface area contributed by atoms with E-state index in [-0.39, 0.29) is 6.10 Å². The third-order valence-corrected chi connectivity index (χ3v) is 5.06. The molecule has 1 aliphatic heterocycles. The summed E-state index contributed by atoms with van der Waals surface area (Å²) in [5, 5.41) is 12.2. The van der Waals surface area contributed by atoms with Crippen molar-refractivity contribution in [1.82, 2.24) is 14.9 Å². The van der Waals surface area contributed by atoms with Crippen LogP contribution in [-0.2, 0) is 11.3 Å². The van der Waals surface area contributed by atoms with Crippen molar-refractivity contribution in [2.75, 3.05) is 6.61 Å². The number of hydrogen-bond donors (Lipinski definition) is 1. The highest BCUT2D eigenvalue weighted by atomic mass is 35.5. The monoisotopic (exact) mass is 414 g/mol. The lowest BCUT2D eigenvalue weighted by atomic mass is 10.2. The zero-order valence-corrected chi connectivity index (χ0v) is 16.6. The van der Waals surface area contributed by atoms with Crippen LogP contribution in [0.1, 0.15) is 35.9 Å². The van der Waals surface area contributed by atoms with Crippen molar-refractivity contribution in [2.24, 2.45) is 5.10 Å². The Morgan fingerprint density at radius 2 is 2.21 bits per heavy atom. The number of rotatable bonds is 6. The zero-order chi connectivity index (χ0) is 19.3. The summed E-state index contributed by atoms with van der Waals surface area (Å²) in [4.78, 5) is 0. The molecule has 3 aromatic rings. The van der Waals surface area contributed by atoms with Crippen LogP contribution >= 0.6 is 23.8 Å². The maximum Gasteiger partial charge on any atom is 0.216 e. The molecule has 8 heteroatoms. The Morgan fingerprint density at radius 3 is 3.04 bits per heavy atom. The topological polar surface area (TPSA) is 64.4 Å². The van der Waals surface area contributed by atoms with E-state index in [2.05, 4.69) is 15.3 Å². The average Bonchev–Trinajstić information content (AvgIpc) is 3.36. The third kappa shape index (κ3) is 4.32. The maximum atomic E-state index is 6.18. The largest absolute Gasteiger partial charge is 0.489 e. The molecule has 1 fully saturated rings. The first kappa shape index (κ1) is 18.9. The van der Waals surface area contributed by atoms with Crippen molar-refractivity contribution in [3.63, 3.8) is 0 Å². The molecule has 0 unspecified atom stereocenters. The standard InChI is InChI=1S/C20H19ClN4O2S/c21-17-8-2-1-6-15(17)13-27-16-7-3-5-14(11-16)12-22-25-19(23-24-20(25)28)18-9-4-10-26-18/h1-3,5-8,11-12,18H,4,9-10,13H2,(H,24,28)/b22-12-/t18-/m1/s1. The minimum atomic E-state index is -0.0737. The van der Waals surface area contributed by atoms with Crippen LogP contribution in [0.25, 0.3) is 0 Å². The molecule has 0 aliphatic carbocycles. The summed E-state index contributed by atoms with van der Waals surface area (Å²) in [7, 11) is 0. The first-order chi connectivity index (χ1) is 13.7. The Bertz CT molecular complexity index is 1040. The van der Waals surface area contributed by atoms with E-state index in [0.717, 1.165) is 36.3 Å². The molecule has 4 rings (SSSR count). The highest BCUT2D eigenvalue weighted by Gasteiger charge is 2.23. The summed E-state index contributed by atoms with van der Waals surface area (Å²) in [5.41, 5.74) is 1.83. The van der Waals surface area contributed by atoms with Gasteiger partial charge in [0.05, 0.1) is 6.21 Å². The quantitative estimate of drug-likeness (QED) is 0.460. The molecule has 1 aliphatic rings. The van der Waals surface area contributed by atoms with E-state index in [1.807, 2.05) is 48.5 Å².